The highest BCUT2D eigenvalue weighted by Gasteiger charge is 2.13. The summed E-state index contributed by atoms with van der Waals surface area (Å²) in [5.41, 5.74) is 0.609. The Hall–Kier alpha value is -1.75. The van der Waals surface area contributed by atoms with E-state index in [1.165, 1.54) is 17.5 Å². The molecule has 0 aliphatic carbocycles. The average molecular weight is 206 g/mol. The van der Waals surface area contributed by atoms with Gasteiger partial charge in [-0.05, 0) is 12.1 Å². The number of hydrogen-bond acceptors (Lipinski definition) is 4. The minimum absolute atomic E-state index is 0.0439. The van der Waals surface area contributed by atoms with E-state index in [0.717, 1.165) is 0 Å². The number of carboxylic acid groups (broad SMARTS) is 1. The number of thiazole rings is 1. The van der Waals surface area contributed by atoms with Crippen LogP contribution >= 0.6 is 11.3 Å². The predicted molar refractivity (Wildman–Crippen MR) is 52.3 cm³/mol. The first kappa shape index (κ1) is 8.83. The van der Waals surface area contributed by atoms with Gasteiger partial charge in [0, 0.05) is 23.3 Å². The van der Waals surface area contributed by atoms with E-state index < -0.39 is 5.97 Å². The lowest BCUT2D eigenvalue weighted by molar-refractivity contribution is 0.0691. The Labute approximate surface area is 83.9 Å². The molecule has 2 heterocycles. The maximum absolute atomic E-state index is 10.8. The summed E-state index contributed by atoms with van der Waals surface area (Å²) in [5.74, 6) is -1.03. The maximum atomic E-state index is 10.8. The van der Waals surface area contributed by atoms with Gasteiger partial charge in [-0.1, -0.05) is 0 Å². The molecule has 4 nitrogen and oxygen atoms in total. The van der Waals surface area contributed by atoms with E-state index in [0.29, 0.717) is 10.6 Å². The van der Waals surface area contributed by atoms with Crippen LogP contribution < -0.4 is 0 Å². The van der Waals surface area contributed by atoms with Crippen molar-refractivity contribution in [2.45, 2.75) is 0 Å². The molecule has 5 heteroatoms. The van der Waals surface area contributed by atoms with Crippen LogP contribution in [0.5, 0.6) is 0 Å². The van der Waals surface area contributed by atoms with E-state index in [9.17, 15) is 4.79 Å². The fourth-order valence-corrected chi connectivity index (χ4v) is 1.77. The van der Waals surface area contributed by atoms with Gasteiger partial charge >= 0.3 is 5.97 Å². The highest BCUT2D eigenvalue weighted by atomic mass is 32.1. The molecule has 70 valence electrons. The Morgan fingerprint density at radius 3 is 2.86 bits per heavy atom. The lowest BCUT2D eigenvalue weighted by Crippen LogP contribution is -2.02. The number of aromatic nitrogens is 2. The Balaban J connectivity index is 2.58. The molecule has 1 N–H and O–H groups in total. The van der Waals surface area contributed by atoms with Crippen LogP contribution in [0.4, 0.5) is 0 Å². The summed E-state index contributed by atoms with van der Waals surface area (Å²) in [6, 6.07) is 3.40. The highest BCUT2D eigenvalue weighted by molar-refractivity contribution is 7.13. The van der Waals surface area contributed by atoms with Crippen LogP contribution in [-0.4, -0.2) is 21.0 Å². The molecule has 14 heavy (non-hydrogen) atoms. The number of pyridine rings is 1. The Bertz CT molecular complexity index is 454. The predicted octanol–water partition coefficient (Wildman–Crippen LogP) is 1.90. The third kappa shape index (κ3) is 1.49. The summed E-state index contributed by atoms with van der Waals surface area (Å²) >= 11 is 1.39. The van der Waals surface area contributed by atoms with Crippen molar-refractivity contribution in [3.63, 3.8) is 0 Å². The van der Waals surface area contributed by atoms with Crippen LogP contribution in [-0.2, 0) is 0 Å². The van der Waals surface area contributed by atoms with E-state index >= 15 is 0 Å². The van der Waals surface area contributed by atoms with Crippen molar-refractivity contribution in [1.82, 2.24) is 9.97 Å². The first-order valence-corrected chi connectivity index (χ1v) is 4.75. The monoisotopic (exact) mass is 206 g/mol. The summed E-state index contributed by atoms with van der Waals surface area (Å²) in [5, 5.41) is 11.4. The number of carboxylic acids is 1. The summed E-state index contributed by atoms with van der Waals surface area (Å²) in [6.45, 7) is 0. The third-order valence-electron chi connectivity index (χ3n) is 1.67. The second kappa shape index (κ2) is 3.55. The first-order valence-electron chi connectivity index (χ1n) is 3.87. The zero-order valence-corrected chi connectivity index (χ0v) is 7.86. The number of carbonyl (C=O) groups is 1. The van der Waals surface area contributed by atoms with E-state index in [4.69, 9.17) is 5.11 Å². The van der Waals surface area contributed by atoms with E-state index in [-0.39, 0.29) is 5.69 Å². The normalized spacial score (nSPS) is 10.0. The molecule has 0 radical (unpaired) electrons. The number of hydrogen-bond donors (Lipinski definition) is 1. The molecule has 0 atom stereocenters. The molecule has 0 aromatic carbocycles. The molecule has 0 aliphatic rings. The minimum Gasteiger partial charge on any atom is -0.476 e. The molecule has 0 fully saturated rings. The second-order valence-corrected chi connectivity index (χ2v) is 3.44. The van der Waals surface area contributed by atoms with E-state index in [1.54, 1.807) is 23.7 Å². The van der Waals surface area contributed by atoms with Crippen molar-refractivity contribution in [3.05, 3.63) is 35.6 Å². The number of rotatable bonds is 2. The maximum Gasteiger partial charge on any atom is 0.355 e. The number of aromatic carboxylic acids is 1. The molecule has 0 spiro atoms. The molecule has 0 unspecified atom stereocenters. The Kier molecular flexibility index (Phi) is 2.24. The largest absolute Gasteiger partial charge is 0.476 e. The molecule has 0 aliphatic heterocycles. The van der Waals surface area contributed by atoms with Gasteiger partial charge in [-0.15, -0.1) is 11.3 Å². The molecule has 0 amide bonds. The Morgan fingerprint density at radius 1 is 1.36 bits per heavy atom. The van der Waals surface area contributed by atoms with Crippen LogP contribution in [0, 0.1) is 0 Å². The van der Waals surface area contributed by atoms with Gasteiger partial charge in [0.15, 0.2) is 5.69 Å². The molecule has 2 aromatic heterocycles. The summed E-state index contributed by atoms with van der Waals surface area (Å²) in [4.78, 5) is 18.7. The SMILES string of the molecule is O=C(O)c1ncccc1-c1nccs1. The van der Waals surface area contributed by atoms with Gasteiger partial charge in [-0.3, -0.25) is 0 Å². The lowest BCUT2D eigenvalue weighted by atomic mass is 10.2. The van der Waals surface area contributed by atoms with Gasteiger partial charge in [0.1, 0.15) is 5.01 Å². The van der Waals surface area contributed by atoms with Crippen LogP contribution in [0.2, 0.25) is 0 Å². The summed E-state index contributed by atoms with van der Waals surface area (Å²) in [6.07, 6.45) is 3.10. The van der Waals surface area contributed by atoms with Crippen molar-refractivity contribution in [1.29, 1.82) is 0 Å². The Morgan fingerprint density at radius 2 is 2.21 bits per heavy atom. The van der Waals surface area contributed by atoms with Crippen molar-refractivity contribution < 1.29 is 9.90 Å². The van der Waals surface area contributed by atoms with Crippen molar-refractivity contribution in [2.75, 3.05) is 0 Å². The van der Waals surface area contributed by atoms with Gasteiger partial charge in [0.05, 0.1) is 0 Å². The van der Waals surface area contributed by atoms with Crippen molar-refractivity contribution in [2.24, 2.45) is 0 Å². The first-order chi connectivity index (χ1) is 6.79. The van der Waals surface area contributed by atoms with Crippen LogP contribution in [0.1, 0.15) is 10.5 Å². The molecule has 2 rings (SSSR count). The number of nitrogens with zero attached hydrogens (tertiary/aromatic N) is 2. The standard InChI is InChI=1S/C9H6N2O2S/c12-9(13)7-6(2-1-3-10-7)8-11-4-5-14-8/h1-5H,(H,12,13). The third-order valence-corrected chi connectivity index (χ3v) is 2.48. The summed E-state index contributed by atoms with van der Waals surface area (Å²) in [7, 11) is 0. The molecule has 0 bridgehead atoms. The highest BCUT2D eigenvalue weighted by Crippen LogP contribution is 2.23. The van der Waals surface area contributed by atoms with Crippen LogP contribution in [0.15, 0.2) is 29.9 Å². The molecule has 2 aromatic rings. The van der Waals surface area contributed by atoms with E-state index in [1.807, 2.05) is 0 Å². The minimum atomic E-state index is -1.03. The van der Waals surface area contributed by atoms with Crippen molar-refractivity contribution in [3.8, 4) is 10.6 Å². The topological polar surface area (TPSA) is 63.1 Å². The molecule has 0 saturated carbocycles. The zero-order chi connectivity index (χ0) is 9.97. The molecular formula is C9H6N2O2S. The van der Waals surface area contributed by atoms with Gasteiger partial charge in [0.25, 0.3) is 0 Å². The summed E-state index contributed by atoms with van der Waals surface area (Å²) < 4.78 is 0. The van der Waals surface area contributed by atoms with Crippen LogP contribution in [0.25, 0.3) is 10.6 Å². The zero-order valence-electron chi connectivity index (χ0n) is 7.04. The fraction of sp³-hybridized carbons (Fsp3) is 0. The second-order valence-electron chi connectivity index (χ2n) is 2.54. The van der Waals surface area contributed by atoms with E-state index in [2.05, 4.69) is 9.97 Å². The fourth-order valence-electron chi connectivity index (χ4n) is 1.10. The lowest BCUT2D eigenvalue weighted by Gasteiger charge is -1.99. The smallest absolute Gasteiger partial charge is 0.355 e. The van der Waals surface area contributed by atoms with Gasteiger partial charge in [-0.25, -0.2) is 14.8 Å². The average Bonchev–Trinajstić information content (AvgIpc) is 2.70. The molecule has 0 saturated heterocycles. The van der Waals surface area contributed by atoms with Gasteiger partial charge in [0.2, 0.25) is 0 Å². The van der Waals surface area contributed by atoms with Gasteiger partial charge < -0.3 is 5.11 Å². The van der Waals surface area contributed by atoms with Crippen molar-refractivity contribution >= 4 is 17.3 Å². The van der Waals surface area contributed by atoms with Gasteiger partial charge in [-0.2, -0.15) is 0 Å². The quantitative estimate of drug-likeness (QED) is 0.815. The molecular weight excluding hydrogens is 200 g/mol. The van der Waals surface area contributed by atoms with Crippen LogP contribution in [0.3, 0.4) is 0 Å².